The summed E-state index contributed by atoms with van der Waals surface area (Å²) in [7, 11) is 3.13. The molecule has 1 aliphatic rings. The molecule has 0 unspecified atom stereocenters. The van der Waals surface area contributed by atoms with Gasteiger partial charge in [0.15, 0.2) is 16.9 Å². The van der Waals surface area contributed by atoms with Crippen molar-refractivity contribution in [1.82, 2.24) is 4.90 Å². The zero-order chi connectivity index (χ0) is 24.7. The number of carbonyl (C=O) groups is 1. The smallest absolute Gasteiger partial charge is 0.290 e. The third kappa shape index (κ3) is 3.98. The molecule has 0 saturated carbocycles. The fourth-order valence-corrected chi connectivity index (χ4v) is 4.72. The van der Waals surface area contributed by atoms with Gasteiger partial charge in [0, 0.05) is 11.6 Å². The van der Waals surface area contributed by atoms with Gasteiger partial charge in [-0.05, 0) is 60.0 Å². The maximum atomic E-state index is 13.6. The molecule has 2 heterocycles. The summed E-state index contributed by atoms with van der Waals surface area (Å²) in [5.41, 5.74) is 1.75. The lowest BCUT2D eigenvalue weighted by atomic mass is 9.98. The van der Waals surface area contributed by atoms with Gasteiger partial charge in [-0.1, -0.05) is 29.8 Å². The van der Waals surface area contributed by atoms with Gasteiger partial charge in [-0.2, -0.15) is 0 Å². The van der Waals surface area contributed by atoms with Crippen molar-refractivity contribution in [3.63, 3.8) is 0 Å². The normalized spacial score (nSPS) is 14.9. The number of phenolic OH excluding ortho intramolecular Hbond substituents is 1. The summed E-state index contributed by atoms with van der Waals surface area (Å²) in [6, 6.07) is 16.1. The molecule has 8 heteroatoms. The van der Waals surface area contributed by atoms with Crippen LogP contribution in [-0.2, 0) is 6.42 Å². The minimum Gasteiger partial charge on any atom is -0.508 e. The second kappa shape index (κ2) is 9.00. The molecule has 1 amide bonds. The molecule has 5 rings (SSSR count). The Kier molecular flexibility index (Phi) is 5.86. The van der Waals surface area contributed by atoms with E-state index in [9.17, 15) is 14.7 Å². The molecule has 178 valence electrons. The van der Waals surface area contributed by atoms with Crippen LogP contribution in [0.2, 0.25) is 5.02 Å². The quantitative estimate of drug-likeness (QED) is 0.410. The van der Waals surface area contributed by atoms with Crippen molar-refractivity contribution in [3.05, 3.63) is 98.4 Å². The Bertz CT molecular complexity index is 1510. The van der Waals surface area contributed by atoms with Crippen LogP contribution in [0, 0.1) is 0 Å². The van der Waals surface area contributed by atoms with Crippen LogP contribution in [0.3, 0.4) is 0 Å². The molecule has 1 aromatic heterocycles. The number of benzene rings is 3. The third-order valence-corrected chi connectivity index (χ3v) is 6.44. The molecule has 1 atom stereocenters. The number of hydrogen-bond acceptors (Lipinski definition) is 6. The van der Waals surface area contributed by atoms with Crippen LogP contribution in [-0.4, -0.2) is 36.7 Å². The molecule has 7 nitrogen and oxygen atoms in total. The first kappa shape index (κ1) is 22.8. The number of amides is 1. The second-order valence-corrected chi connectivity index (χ2v) is 8.69. The van der Waals surface area contributed by atoms with Crippen molar-refractivity contribution in [2.24, 2.45) is 0 Å². The topological polar surface area (TPSA) is 89.2 Å². The number of halogens is 1. The number of ether oxygens (including phenoxy) is 2. The van der Waals surface area contributed by atoms with E-state index in [0.29, 0.717) is 46.0 Å². The summed E-state index contributed by atoms with van der Waals surface area (Å²) in [4.78, 5) is 28.7. The van der Waals surface area contributed by atoms with Crippen LogP contribution in [0.1, 0.15) is 33.3 Å². The Hall–Kier alpha value is -3.97. The molecular formula is C27H22ClNO6. The van der Waals surface area contributed by atoms with Crippen molar-refractivity contribution >= 4 is 28.5 Å². The zero-order valence-corrected chi connectivity index (χ0v) is 19.8. The molecule has 35 heavy (non-hydrogen) atoms. The molecule has 0 aliphatic carbocycles. The molecule has 1 aliphatic heterocycles. The lowest BCUT2D eigenvalue weighted by Gasteiger charge is -2.25. The molecule has 0 bridgehead atoms. The van der Waals surface area contributed by atoms with Gasteiger partial charge in [-0.25, -0.2) is 0 Å². The number of methoxy groups -OCH3 is 2. The van der Waals surface area contributed by atoms with E-state index in [0.717, 1.165) is 5.56 Å². The van der Waals surface area contributed by atoms with Gasteiger partial charge in [0.25, 0.3) is 5.91 Å². The zero-order valence-electron chi connectivity index (χ0n) is 19.1. The Morgan fingerprint density at radius 3 is 2.54 bits per heavy atom. The Morgan fingerprint density at radius 1 is 1.00 bits per heavy atom. The highest BCUT2D eigenvalue weighted by atomic mass is 35.5. The molecule has 0 saturated heterocycles. The number of hydrogen-bond donors (Lipinski definition) is 1. The first-order valence-corrected chi connectivity index (χ1v) is 11.4. The Labute approximate surface area is 206 Å². The standard InChI is InChI=1S/C27H22ClNO6/c1-33-21-8-6-15(12-22(21)34-2)10-11-29-24(16-4-3-5-18(30)13-16)23-25(31)19-14-17(28)7-9-20(19)35-26(23)27(29)32/h3-9,12-14,24,30H,10-11H2,1-2H3/t24-/m0/s1. The number of phenols is 1. The summed E-state index contributed by atoms with van der Waals surface area (Å²) >= 11 is 6.13. The van der Waals surface area contributed by atoms with E-state index in [4.69, 9.17) is 25.5 Å². The fraction of sp³-hybridized carbons (Fsp3) is 0.185. The second-order valence-electron chi connectivity index (χ2n) is 8.25. The van der Waals surface area contributed by atoms with Crippen LogP contribution in [0.5, 0.6) is 17.2 Å². The van der Waals surface area contributed by atoms with Crippen LogP contribution in [0.4, 0.5) is 0 Å². The van der Waals surface area contributed by atoms with E-state index >= 15 is 0 Å². The Morgan fingerprint density at radius 2 is 1.80 bits per heavy atom. The van der Waals surface area contributed by atoms with E-state index in [1.165, 1.54) is 6.07 Å². The monoisotopic (exact) mass is 491 g/mol. The average molecular weight is 492 g/mol. The highest BCUT2D eigenvalue weighted by molar-refractivity contribution is 6.31. The van der Waals surface area contributed by atoms with Gasteiger partial charge >= 0.3 is 0 Å². The van der Waals surface area contributed by atoms with Crippen LogP contribution in [0.15, 0.2) is 69.9 Å². The van der Waals surface area contributed by atoms with E-state index in [2.05, 4.69) is 0 Å². The van der Waals surface area contributed by atoms with Gasteiger partial charge in [0.05, 0.1) is 31.2 Å². The van der Waals surface area contributed by atoms with Crippen molar-refractivity contribution < 1.29 is 23.8 Å². The molecule has 0 spiro atoms. The van der Waals surface area contributed by atoms with Crippen LogP contribution < -0.4 is 14.9 Å². The van der Waals surface area contributed by atoms with Crippen molar-refractivity contribution in [1.29, 1.82) is 0 Å². The lowest BCUT2D eigenvalue weighted by Crippen LogP contribution is -2.31. The fourth-order valence-electron chi connectivity index (χ4n) is 4.55. The number of rotatable bonds is 6. The van der Waals surface area contributed by atoms with Gasteiger partial charge in [-0.3, -0.25) is 9.59 Å². The Balaban J connectivity index is 1.59. The summed E-state index contributed by atoms with van der Waals surface area (Å²) < 4.78 is 16.6. The van der Waals surface area contributed by atoms with Crippen molar-refractivity contribution in [2.45, 2.75) is 12.5 Å². The highest BCUT2D eigenvalue weighted by Gasteiger charge is 2.42. The summed E-state index contributed by atoms with van der Waals surface area (Å²) in [6.07, 6.45) is 0.495. The van der Waals surface area contributed by atoms with E-state index < -0.39 is 6.04 Å². The van der Waals surface area contributed by atoms with Crippen molar-refractivity contribution in [3.8, 4) is 17.2 Å². The predicted molar refractivity (Wildman–Crippen MR) is 132 cm³/mol. The number of nitrogens with zero attached hydrogens (tertiary/aromatic N) is 1. The van der Waals surface area contributed by atoms with E-state index in [1.54, 1.807) is 55.5 Å². The molecular weight excluding hydrogens is 470 g/mol. The molecule has 4 aromatic rings. The van der Waals surface area contributed by atoms with Gasteiger partial charge in [-0.15, -0.1) is 0 Å². The largest absolute Gasteiger partial charge is 0.508 e. The predicted octanol–water partition coefficient (Wildman–Crippen LogP) is 4.96. The SMILES string of the molecule is COc1ccc(CCN2C(=O)c3oc4ccc(Cl)cc4c(=O)c3[C@@H]2c2cccc(O)c2)cc1OC. The maximum Gasteiger partial charge on any atom is 0.290 e. The number of fused-ring (bicyclic) bond motifs is 2. The third-order valence-electron chi connectivity index (χ3n) is 6.20. The van der Waals surface area contributed by atoms with Crippen LogP contribution in [0.25, 0.3) is 11.0 Å². The van der Waals surface area contributed by atoms with Gasteiger partial charge in [0.2, 0.25) is 5.76 Å². The van der Waals surface area contributed by atoms with Gasteiger partial charge in [0.1, 0.15) is 11.3 Å². The average Bonchev–Trinajstić information content (AvgIpc) is 3.14. The van der Waals surface area contributed by atoms with E-state index in [1.807, 2.05) is 18.2 Å². The summed E-state index contributed by atoms with van der Waals surface area (Å²) in [6.45, 7) is 0.301. The molecule has 1 N–H and O–H groups in total. The summed E-state index contributed by atoms with van der Waals surface area (Å²) in [5, 5.41) is 10.8. The maximum absolute atomic E-state index is 13.6. The van der Waals surface area contributed by atoms with Crippen LogP contribution >= 0.6 is 11.6 Å². The lowest BCUT2D eigenvalue weighted by molar-refractivity contribution is 0.0730. The first-order valence-electron chi connectivity index (χ1n) is 11.0. The van der Waals surface area contributed by atoms with Gasteiger partial charge < -0.3 is 23.9 Å². The number of carbonyl (C=O) groups excluding carboxylic acids is 1. The minimum atomic E-state index is -0.718. The minimum absolute atomic E-state index is 0.00507. The van der Waals surface area contributed by atoms with E-state index in [-0.39, 0.29) is 28.4 Å². The van der Waals surface area contributed by atoms with Crippen molar-refractivity contribution in [2.75, 3.05) is 20.8 Å². The first-order chi connectivity index (χ1) is 16.9. The molecule has 3 aromatic carbocycles. The number of aromatic hydroxyl groups is 1. The summed E-state index contributed by atoms with van der Waals surface area (Å²) in [5.74, 6) is 0.855. The molecule has 0 fully saturated rings. The highest BCUT2D eigenvalue weighted by Crippen LogP contribution is 2.39. The molecule has 0 radical (unpaired) electrons.